The molecule has 3 heterocycles. The number of allylic oxidation sites excluding steroid dienone is 1. The lowest BCUT2D eigenvalue weighted by Gasteiger charge is -2.17. The number of aromatic nitrogens is 4. The second-order valence-corrected chi connectivity index (χ2v) is 16.4. The number of hydrogen-bond donors (Lipinski definition) is 0. The van der Waals surface area contributed by atoms with Crippen LogP contribution in [0.2, 0.25) is 0 Å². The van der Waals surface area contributed by atoms with Gasteiger partial charge in [-0.05, 0) is 107 Å². The van der Waals surface area contributed by atoms with Crippen molar-refractivity contribution in [2.45, 2.75) is 6.42 Å². The third-order valence-electron chi connectivity index (χ3n) is 12.9. The molecular formula is C58H38N4. The molecule has 1 aliphatic rings. The van der Waals surface area contributed by atoms with E-state index < -0.39 is 0 Å². The predicted molar refractivity (Wildman–Crippen MR) is 259 cm³/mol. The minimum atomic E-state index is 0.813. The largest absolute Gasteiger partial charge is 0.309 e. The van der Waals surface area contributed by atoms with Crippen LogP contribution in [-0.2, 0) is 6.42 Å². The number of para-hydroxylation sites is 6. The zero-order chi connectivity index (χ0) is 40.7. The first-order valence-corrected chi connectivity index (χ1v) is 21.3. The molecule has 0 N–H and O–H groups in total. The van der Waals surface area contributed by atoms with E-state index in [1.54, 1.807) is 0 Å². The van der Waals surface area contributed by atoms with E-state index in [-0.39, 0.29) is 0 Å². The van der Waals surface area contributed by atoms with Gasteiger partial charge in [-0.25, -0.2) is 4.98 Å². The number of imidazole rings is 1. The molecule has 0 spiro atoms. The van der Waals surface area contributed by atoms with E-state index in [0.717, 1.165) is 56.9 Å². The molecule has 0 radical (unpaired) electrons. The Morgan fingerprint density at radius 3 is 1.61 bits per heavy atom. The standard InChI is InChI=1S/C58H38N4/c1-2-18-43(19-3-1)62-56-29-15-11-25-52(56)59-58(62)40-30-31-51-50-24-10-14-28-55(50)61(57(51)36-40)45-35-42(41-32-38-16-4-6-20-46(38)47-21-7-5-17-39(47)33-41)34-44(37-45)60-53-26-12-8-22-48(53)49-23-9-13-27-54(49)60/h1-32,34-37H,33H2. The molecule has 0 saturated heterocycles. The van der Waals surface area contributed by atoms with Gasteiger partial charge in [-0.2, -0.15) is 0 Å². The van der Waals surface area contributed by atoms with E-state index in [1.807, 2.05) is 0 Å². The van der Waals surface area contributed by atoms with Crippen molar-refractivity contribution in [2.24, 2.45) is 0 Å². The Morgan fingerprint density at radius 1 is 0.355 bits per heavy atom. The highest BCUT2D eigenvalue weighted by atomic mass is 15.1. The van der Waals surface area contributed by atoms with Crippen LogP contribution in [0.5, 0.6) is 0 Å². The third-order valence-corrected chi connectivity index (χ3v) is 12.9. The van der Waals surface area contributed by atoms with Gasteiger partial charge in [-0.15, -0.1) is 0 Å². The van der Waals surface area contributed by atoms with Crippen molar-refractivity contribution in [2.75, 3.05) is 0 Å². The first-order chi connectivity index (χ1) is 30.7. The molecule has 0 atom stereocenters. The minimum Gasteiger partial charge on any atom is -0.309 e. The summed E-state index contributed by atoms with van der Waals surface area (Å²) in [7, 11) is 0. The van der Waals surface area contributed by atoms with Crippen molar-refractivity contribution in [3.8, 4) is 39.6 Å². The van der Waals surface area contributed by atoms with E-state index in [0.29, 0.717) is 0 Å². The number of fused-ring (bicyclic) bond motifs is 10. The second-order valence-electron chi connectivity index (χ2n) is 16.4. The van der Waals surface area contributed by atoms with E-state index in [2.05, 4.69) is 232 Å². The molecule has 0 fully saturated rings. The van der Waals surface area contributed by atoms with Crippen molar-refractivity contribution in [1.29, 1.82) is 0 Å². The zero-order valence-electron chi connectivity index (χ0n) is 33.8. The predicted octanol–water partition coefficient (Wildman–Crippen LogP) is 14.7. The van der Waals surface area contributed by atoms with Crippen LogP contribution < -0.4 is 0 Å². The smallest absolute Gasteiger partial charge is 0.145 e. The van der Waals surface area contributed by atoms with Gasteiger partial charge < -0.3 is 9.13 Å². The Bertz CT molecular complexity index is 3730. The molecule has 3 aromatic heterocycles. The van der Waals surface area contributed by atoms with Gasteiger partial charge >= 0.3 is 0 Å². The Balaban J connectivity index is 1.11. The van der Waals surface area contributed by atoms with Gasteiger partial charge in [-0.3, -0.25) is 4.57 Å². The highest BCUT2D eigenvalue weighted by Gasteiger charge is 2.22. The van der Waals surface area contributed by atoms with Gasteiger partial charge in [0.15, 0.2) is 0 Å². The monoisotopic (exact) mass is 790 g/mol. The molecule has 0 unspecified atom stereocenters. The van der Waals surface area contributed by atoms with Crippen molar-refractivity contribution < 1.29 is 0 Å². The number of nitrogens with zero attached hydrogens (tertiary/aromatic N) is 4. The van der Waals surface area contributed by atoms with Crippen LogP contribution in [0.1, 0.15) is 16.7 Å². The number of benzene rings is 9. The van der Waals surface area contributed by atoms with E-state index >= 15 is 0 Å². The molecular weight excluding hydrogens is 753 g/mol. The summed E-state index contributed by atoms with van der Waals surface area (Å²) in [4.78, 5) is 5.29. The summed E-state index contributed by atoms with van der Waals surface area (Å²) in [6, 6.07) is 77.3. The van der Waals surface area contributed by atoms with Crippen LogP contribution >= 0.6 is 0 Å². The maximum absolute atomic E-state index is 5.29. The van der Waals surface area contributed by atoms with E-state index in [4.69, 9.17) is 4.98 Å². The second kappa shape index (κ2) is 13.7. The Labute approximate surface area is 358 Å². The molecule has 0 bridgehead atoms. The molecule has 0 aliphatic heterocycles. The Hall–Kier alpha value is -8.21. The van der Waals surface area contributed by atoms with Crippen LogP contribution in [0.3, 0.4) is 0 Å². The van der Waals surface area contributed by atoms with E-state index in [1.165, 1.54) is 66.0 Å². The van der Waals surface area contributed by atoms with Crippen molar-refractivity contribution in [1.82, 2.24) is 18.7 Å². The maximum atomic E-state index is 5.29. The van der Waals surface area contributed by atoms with Crippen molar-refractivity contribution >= 4 is 66.3 Å². The number of hydrogen-bond acceptors (Lipinski definition) is 1. The van der Waals surface area contributed by atoms with Crippen LogP contribution in [0, 0.1) is 0 Å². The lowest BCUT2D eigenvalue weighted by Crippen LogP contribution is -2.02. The molecule has 0 amide bonds. The molecule has 9 aromatic carbocycles. The average Bonchev–Trinajstić information content (AvgIpc) is 3.96. The summed E-state index contributed by atoms with van der Waals surface area (Å²) >= 11 is 0. The van der Waals surface area contributed by atoms with Gasteiger partial charge in [0.05, 0.1) is 33.1 Å². The van der Waals surface area contributed by atoms with Crippen LogP contribution in [-0.4, -0.2) is 18.7 Å². The quantitative estimate of drug-likeness (QED) is 0.171. The van der Waals surface area contributed by atoms with Crippen LogP contribution in [0.4, 0.5) is 0 Å². The first kappa shape index (κ1) is 34.6. The third kappa shape index (κ3) is 5.30. The van der Waals surface area contributed by atoms with Gasteiger partial charge in [0.25, 0.3) is 0 Å². The molecule has 4 heteroatoms. The van der Waals surface area contributed by atoms with Gasteiger partial charge in [0, 0.05) is 44.2 Å². The summed E-state index contributed by atoms with van der Waals surface area (Å²) in [5.74, 6) is 0.914. The fourth-order valence-corrected chi connectivity index (χ4v) is 10.1. The summed E-state index contributed by atoms with van der Waals surface area (Å²) < 4.78 is 7.22. The summed E-state index contributed by atoms with van der Waals surface area (Å²) in [6.45, 7) is 0. The topological polar surface area (TPSA) is 27.7 Å². The molecule has 290 valence electrons. The lowest BCUT2D eigenvalue weighted by atomic mass is 9.94. The summed E-state index contributed by atoms with van der Waals surface area (Å²) in [5.41, 5.74) is 18.7. The Kier molecular flexibility index (Phi) is 7.63. The SMILES string of the molecule is C1=C(c2cc(-n3c4ccccc4c4ccccc43)cc(-n3c4ccccc4c4ccc(-c5nc6ccccc6n5-c5ccccc5)cc43)c2)Cc2ccccc2-c2ccccc21. The van der Waals surface area contributed by atoms with Gasteiger partial charge in [0.2, 0.25) is 0 Å². The molecule has 13 rings (SSSR count). The summed E-state index contributed by atoms with van der Waals surface area (Å²) in [6.07, 6.45) is 3.23. The normalized spacial score (nSPS) is 12.5. The molecule has 0 saturated carbocycles. The fraction of sp³-hybridized carbons (Fsp3) is 0.0172. The lowest BCUT2D eigenvalue weighted by molar-refractivity contribution is 1.10. The summed E-state index contributed by atoms with van der Waals surface area (Å²) in [5, 5.41) is 4.90. The highest BCUT2D eigenvalue weighted by Crippen LogP contribution is 2.42. The van der Waals surface area contributed by atoms with Crippen molar-refractivity contribution in [3.05, 3.63) is 229 Å². The first-order valence-electron chi connectivity index (χ1n) is 21.3. The van der Waals surface area contributed by atoms with Gasteiger partial charge in [0.1, 0.15) is 5.82 Å². The van der Waals surface area contributed by atoms with E-state index in [9.17, 15) is 0 Å². The fourth-order valence-electron chi connectivity index (χ4n) is 10.1. The van der Waals surface area contributed by atoms with Crippen LogP contribution in [0.15, 0.2) is 212 Å². The highest BCUT2D eigenvalue weighted by molar-refractivity contribution is 6.11. The van der Waals surface area contributed by atoms with Crippen molar-refractivity contribution in [3.63, 3.8) is 0 Å². The molecule has 4 nitrogen and oxygen atoms in total. The van der Waals surface area contributed by atoms with Gasteiger partial charge in [-0.1, -0.05) is 152 Å². The average molecular weight is 791 g/mol. The molecule has 62 heavy (non-hydrogen) atoms. The number of rotatable bonds is 5. The minimum absolute atomic E-state index is 0.813. The zero-order valence-corrected chi connectivity index (χ0v) is 33.8. The maximum Gasteiger partial charge on any atom is 0.145 e. The Morgan fingerprint density at radius 2 is 0.903 bits per heavy atom. The molecule has 1 aliphatic carbocycles. The molecule has 12 aromatic rings. The van der Waals surface area contributed by atoms with Crippen LogP contribution in [0.25, 0.3) is 106 Å².